The molecule has 0 saturated heterocycles. The summed E-state index contributed by atoms with van der Waals surface area (Å²) >= 11 is 1.56. The Morgan fingerprint density at radius 1 is 1.38 bits per heavy atom. The van der Waals surface area contributed by atoms with Gasteiger partial charge in [0.15, 0.2) is 0 Å². The molecule has 0 aliphatic heterocycles. The van der Waals surface area contributed by atoms with Crippen molar-refractivity contribution in [1.29, 1.82) is 0 Å². The molecule has 2 rings (SSSR count). The number of thiazole rings is 1. The summed E-state index contributed by atoms with van der Waals surface area (Å²) in [5.41, 5.74) is 1.44. The Morgan fingerprint density at radius 2 is 2.19 bits per heavy atom. The van der Waals surface area contributed by atoms with Gasteiger partial charge in [-0.05, 0) is 32.4 Å². The molecule has 1 atom stereocenters. The van der Waals surface area contributed by atoms with Crippen LogP contribution in [-0.2, 0) is 0 Å². The van der Waals surface area contributed by atoms with E-state index in [-0.39, 0.29) is 11.9 Å². The fourth-order valence-electron chi connectivity index (χ4n) is 2.06. The highest BCUT2D eigenvalue weighted by Gasteiger charge is 2.17. The van der Waals surface area contributed by atoms with Crippen LogP contribution in [0.4, 0.5) is 5.82 Å². The van der Waals surface area contributed by atoms with E-state index in [1.807, 2.05) is 26.2 Å². The van der Waals surface area contributed by atoms with Crippen molar-refractivity contribution in [1.82, 2.24) is 15.3 Å². The standard InChI is InChI=1S/C15H20N4OS/c1-4-12(15-17-6-7-21-15)19-14(20)11-8-10(3)18-13(9-11)16-5-2/h6-9,12H,4-5H2,1-3H3,(H,16,18)(H,19,20). The molecule has 2 aromatic rings. The second kappa shape index (κ2) is 7.17. The molecule has 2 heterocycles. The summed E-state index contributed by atoms with van der Waals surface area (Å²) in [4.78, 5) is 21.1. The van der Waals surface area contributed by atoms with Crippen molar-refractivity contribution in [3.8, 4) is 0 Å². The SMILES string of the molecule is CCNc1cc(C(=O)NC(CC)c2nccs2)cc(C)n1. The maximum absolute atomic E-state index is 12.4. The second-order valence-electron chi connectivity index (χ2n) is 4.72. The van der Waals surface area contributed by atoms with Crippen LogP contribution in [0, 0.1) is 6.92 Å². The van der Waals surface area contributed by atoms with Gasteiger partial charge in [0.2, 0.25) is 0 Å². The molecule has 1 amide bonds. The Labute approximate surface area is 128 Å². The number of nitrogens with one attached hydrogen (secondary N) is 2. The highest BCUT2D eigenvalue weighted by Crippen LogP contribution is 2.20. The van der Waals surface area contributed by atoms with E-state index in [1.165, 1.54) is 0 Å². The van der Waals surface area contributed by atoms with Gasteiger partial charge in [-0.2, -0.15) is 0 Å². The van der Waals surface area contributed by atoms with Crippen LogP contribution in [0.3, 0.4) is 0 Å². The van der Waals surface area contributed by atoms with Crippen LogP contribution in [0.25, 0.3) is 0 Å². The molecule has 0 aromatic carbocycles. The minimum Gasteiger partial charge on any atom is -0.370 e. The first-order valence-electron chi connectivity index (χ1n) is 7.06. The Balaban J connectivity index is 2.15. The maximum atomic E-state index is 12.4. The first kappa shape index (κ1) is 15.4. The summed E-state index contributed by atoms with van der Waals surface area (Å²) in [5.74, 6) is 0.631. The van der Waals surface area contributed by atoms with Crippen LogP contribution in [0.15, 0.2) is 23.7 Å². The molecule has 0 aliphatic carbocycles. The second-order valence-corrected chi connectivity index (χ2v) is 5.64. The quantitative estimate of drug-likeness (QED) is 0.860. The van der Waals surface area contributed by atoms with Gasteiger partial charge in [0.25, 0.3) is 5.91 Å². The molecule has 112 valence electrons. The molecule has 0 aliphatic rings. The van der Waals surface area contributed by atoms with Crippen molar-refractivity contribution < 1.29 is 4.79 Å². The van der Waals surface area contributed by atoms with E-state index >= 15 is 0 Å². The number of pyridine rings is 1. The fraction of sp³-hybridized carbons (Fsp3) is 0.400. The molecule has 0 fully saturated rings. The van der Waals surface area contributed by atoms with E-state index in [0.29, 0.717) is 5.56 Å². The number of aryl methyl sites for hydroxylation is 1. The van der Waals surface area contributed by atoms with Crippen molar-refractivity contribution >= 4 is 23.1 Å². The number of hydrogen-bond acceptors (Lipinski definition) is 5. The van der Waals surface area contributed by atoms with Crippen molar-refractivity contribution in [2.45, 2.75) is 33.2 Å². The van der Waals surface area contributed by atoms with Crippen LogP contribution >= 0.6 is 11.3 Å². The third kappa shape index (κ3) is 4.01. The number of aromatic nitrogens is 2. The zero-order chi connectivity index (χ0) is 15.2. The van der Waals surface area contributed by atoms with E-state index < -0.39 is 0 Å². The average Bonchev–Trinajstić information content (AvgIpc) is 2.98. The van der Waals surface area contributed by atoms with Gasteiger partial charge in [-0.3, -0.25) is 4.79 Å². The van der Waals surface area contributed by atoms with E-state index in [0.717, 1.165) is 29.5 Å². The summed E-state index contributed by atoms with van der Waals surface area (Å²) in [6.45, 7) is 6.69. The topological polar surface area (TPSA) is 66.9 Å². The fourth-order valence-corrected chi connectivity index (χ4v) is 2.83. The molecule has 0 radical (unpaired) electrons. The zero-order valence-corrected chi connectivity index (χ0v) is 13.3. The molecule has 2 N–H and O–H groups in total. The highest BCUT2D eigenvalue weighted by atomic mass is 32.1. The van der Waals surface area contributed by atoms with Crippen molar-refractivity contribution in [2.75, 3.05) is 11.9 Å². The Morgan fingerprint density at radius 3 is 2.81 bits per heavy atom. The Kier molecular flexibility index (Phi) is 5.27. The number of carbonyl (C=O) groups is 1. The number of amides is 1. The number of nitrogens with zero attached hydrogens (tertiary/aromatic N) is 2. The van der Waals surface area contributed by atoms with Crippen LogP contribution in [-0.4, -0.2) is 22.4 Å². The van der Waals surface area contributed by atoms with E-state index in [2.05, 4.69) is 20.6 Å². The van der Waals surface area contributed by atoms with Crippen LogP contribution in [0.2, 0.25) is 0 Å². The van der Waals surface area contributed by atoms with Crippen LogP contribution < -0.4 is 10.6 Å². The van der Waals surface area contributed by atoms with Gasteiger partial charge in [-0.1, -0.05) is 6.92 Å². The molecule has 1 unspecified atom stereocenters. The molecular weight excluding hydrogens is 284 g/mol. The zero-order valence-electron chi connectivity index (χ0n) is 12.5. The molecule has 0 bridgehead atoms. The smallest absolute Gasteiger partial charge is 0.252 e. The largest absolute Gasteiger partial charge is 0.370 e. The first-order valence-corrected chi connectivity index (χ1v) is 7.94. The highest BCUT2D eigenvalue weighted by molar-refractivity contribution is 7.09. The summed E-state index contributed by atoms with van der Waals surface area (Å²) < 4.78 is 0. The predicted molar refractivity (Wildman–Crippen MR) is 85.7 cm³/mol. The van der Waals surface area contributed by atoms with Gasteiger partial charge < -0.3 is 10.6 Å². The van der Waals surface area contributed by atoms with Gasteiger partial charge in [-0.15, -0.1) is 11.3 Å². The number of rotatable bonds is 6. The molecule has 6 heteroatoms. The first-order chi connectivity index (χ1) is 10.1. The Hall–Kier alpha value is -1.95. The van der Waals surface area contributed by atoms with Crippen molar-refractivity contribution in [3.05, 3.63) is 40.0 Å². The third-order valence-electron chi connectivity index (χ3n) is 3.04. The van der Waals surface area contributed by atoms with Gasteiger partial charge in [0.1, 0.15) is 10.8 Å². The molecule has 0 saturated carbocycles. The maximum Gasteiger partial charge on any atom is 0.252 e. The third-order valence-corrected chi connectivity index (χ3v) is 3.93. The lowest BCUT2D eigenvalue weighted by atomic mass is 10.1. The molecular formula is C15H20N4OS. The molecule has 0 spiro atoms. The average molecular weight is 304 g/mol. The van der Waals surface area contributed by atoms with Gasteiger partial charge >= 0.3 is 0 Å². The minimum atomic E-state index is -0.0956. The van der Waals surface area contributed by atoms with Gasteiger partial charge in [0.05, 0.1) is 6.04 Å². The number of hydrogen-bond donors (Lipinski definition) is 2. The normalized spacial score (nSPS) is 12.0. The van der Waals surface area contributed by atoms with Crippen molar-refractivity contribution in [3.63, 3.8) is 0 Å². The number of anilines is 1. The van der Waals surface area contributed by atoms with Crippen LogP contribution in [0.5, 0.6) is 0 Å². The van der Waals surface area contributed by atoms with E-state index in [9.17, 15) is 4.79 Å². The Bertz CT molecular complexity index is 598. The lowest BCUT2D eigenvalue weighted by molar-refractivity contribution is 0.0935. The lowest BCUT2D eigenvalue weighted by Crippen LogP contribution is -2.28. The monoisotopic (exact) mass is 304 g/mol. The van der Waals surface area contributed by atoms with Crippen molar-refractivity contribution in [2.24, 2.45) is 0 Å². The number of carbonyl (C=O) groups excluding carboxylic acids is 1. The molecule has 21 heavy (non-hydrogen) atoms. The van der Waals surface area contributed by atoms with Gasteiger partial charge in [-0.25, -0.2) is 9.97 Å². The summed E-state index contributed by atoms with van der Waals surface area (Å²) in [7, 11) is 0. The molecule has 5 nitrogen and oxygen atoms in total. The van der Waals surface area contributed by atoms with Crippen LogP contribution in [0.1, 0.15) is 47.4 Å². The van der Waals surface area contributed by atoms with E-state index in [4.69, 9.17) is 0 Å². The summed E-state index contributed by atoms with van der Waals surface area (Å²) in [5, 5.41) is 9.03. The lowest BCUT2D eigenvalue weighted by Gasteiger charge is -2.15. The summed E-state index contributed by atoms with van der Waals surface area (Å²) in [6.07, 6.45) is 2.57. The minimum absolute atomic E-state index is 0.0476. The van der Waals surface area contributed by atoms with Gasteiger partial charge in [0, 0.05) is 29.4 Å². The molecule has 2 aromatic heterocycles. The summed E-state index contributed by atoms with van der Waals surface area (Å²) in [6, 6.07) is 3.53. The predicted octanol–water partition coefficient (Wildman–Crippen LogP) is 3.16. The van der Waals surface area contributed by atoms with E-state index in [1.54, 1.807) is 29.7 Å².